The molecule has 2 heterocycles. The molecule has 0 unspecified atom stereocenters. The van der Waals surface area contributed by atoms with Crippen molar-refractivity contribution >= 4 is 5.82 Å². The molecule has 1 aliphatic carbocycles. The molecule has 0 saturated heterocycles. The minimum absolute atomic E-state index is 0.485. The van der Waals surface area contributed by atoms with Crippen LogP contribution < -0.4 is 16.0 Å². The standard InChI is InChI=1S/C13H16N6O/c1-20-11-6-10(15-7-16-11)13-17-9-5-3-2-4-8(9)12(18-13)19-14/h6-7H,2-5,14H2,1H3,(H,17,18,19). The molecule has 0 aromatic carbocycles. The second-order valence-corrected chi connectivity index (χ2v) is 4.62. The lowest BCUT2D eigenvalue weighted by atomic mass is 9.96. The number of ether oxygens (including phenoxy) is 1. The van der Waals surface area contributed by atoms with Gasteiger partial charge in [0.15, 0.2) is 5.82 Å². The number of nitrogens with one attached hydrogen (secondary N) is 1. The van der Waals surface area contributed by atoms with Crippen molar-refractivity contribution in [3.63, 3.8) is 0 Å². The van der Waals surface area contributed by atoms with Gasteiger partial charge in [-0.2, -0.15) is 0 Å². The van der Waals surface area contributed by atoms with Crippen LogP contribution in [0.3, 0.4) is 0 Å². The van der Waals surface area contributed by atoms with Crippen molar-refractivity contribution in [3.05, 3.63) is 23.7 Å². The summed E-state index contributed by atoms with van der Waals surface area (Å²) in [5.74, 6) is 7.29. The Bertz CT molecular complexity index is 613. The molecular formula is C13H16N6O. The maximum Gasteiger partial charge on any atom is 0.216 e. The Hall–Kier alpha value is -2.28. The Balaban J connectivity index is 2.09. The summed E-state index contributed by atoms with van der Waals surface area (Å²) >= 11 is 0. The van der Waals surface area contributed by atoms with Gasteiger partial charge in [0.1, 0.15) is 17.8 Å². The molecule has 0 radical (unpaired) electrons. The van der Waals surface area contributed by atoms with Crippen molar-refractivity contribution in [3.8, 4) is 17.4 Å². The Morgan fingerprint density at radius 2 is 2.05 bits per heavy atom. The minimum Gasteiger partial charge on any atom is -0.481 e. The highest BCUT2D eigenvalue weighted by Gasteiger charge is 2.18. The first-order valence-corrected chi connectivity index (χ1v) is 6.54. The van der Waals surface area contributed by atoms with Gasteiger partial charge in [-0.25, -0.2) is 25.8 Å². The van der Waals surface area contributed by atoms with E-state index in [1.54, 1.807) is 13.2 Å². The van der Waals surface area contributed by atoms with E-state index in [0.717, 1.165) is 36.9 Å². The predicted molar refractivity (Wildman–Crippen MR) is 74.1 cm³/mol. The first kappa shape index (κ1) is 12.7. The number of hydrogen-bond acceptors (Lipinski definition) is 7. The molecule has 0 spiro atoms. The monoisotopic (exact) mass is 272 g/mol. The first-order valence-electron chi connectivity index (χ1n) is 6.54. The van der Waals surface area contributed by atoms with E-state index >= 15 is 0 Å². The summed E-state index contributed by atoms with van der Waals surface area (Å²) in [5.41, 5.74) is 5.46. The van der Waals surface area contributed by atoms with E-state index in [1.807, 2.05) is 0 Å². The van der Waals surface area contributed by atoms with Crippen LogP contribution in [0.2, 0.25) is 0 Å². The maximum atomic E-state index is 5.58. The lowest BCUT2D eigenvalue weighted by Gasteiger charge is -2.18. The molecule has 0 atom stereocenters. The van der Waals surface area contributed by atoms with E-state index in [9.17, 15) is 0 Å². The third kappa shape index (κ3) is 2.27. The van der Waals surface area contributed by atoms with Crippen molar-refractivity contribution in [2.45, 2.75) is 25.7 Å². The van der Waals surface area contributed by atoms with E-state index in [4.69, 9.17) is 10.6 Å². The van der Waals surface area contributed by atoms with Gasteiger partial charge in [-0.1, -0.05) is 0 Å². The van der Waals surface area contributed by atoms with Crippen molar-refractivity contribution in [1.29, 1.82) is 0 Å². The van der Waals surface area contributed by atoms with Crippen LogP contribution in [0.1, 0.15) is 24.1 Å². The summed E-state index contributed by atoms with van der Waals surface area (Å²) in [6.45, 7) is 0. The summed E-state index contributed by atoms with van der Waals surface area (Å²) in [6, 6.07) is 1.71. The number of nitrogen functional groups attached to an aromatic ring is 1. The molecule has 3 rings (SSSR count). The molecule has 7 nitrogen and oxygen atoms in total. The van der Waals surface area contributed by atoms with Crippen molar-refractivity contribution in [1.82, 2.24) is 19.9 Å². The maximum absolute atomic E-state index is 5.58. The predicted octanol–water partition coefficient (Wildman–Crippen LogP) is 1.11. The molecule has 2 aromatic rings. The topological polar surface area (TPSA) is 98.8 Å². The van der Waals surface area contributed by atoms with Crippen LogP contribution in [-0.2, 0) is 12.8 Å². The third-order valence-corrected chi connectivity index (χ3v) is 3.40. The number of hydrazine groups is 1. The summed E-state index contributed by atoms with van der Waals surface area (Å²) in [4.78, 5) is 17.3. The average Bonchev–Trinajstić information content (AvgIpc) is 2.53. The molecule has 0 fully saturated rings. The molecule has 0 amide bonds. The number of methoxy groups -OCH3 is 1. The van der Waals surface area contributed by atoms with Gasteiger partial charge in [-0.05, 0) is 25.7 Å². The number of nitrogens with two attached hydrogens (primary N) is 1. The molecule has 1 aliphatic rings. The van der Waals surface area contributed by atoms with E-state index in [0.29, 0.717) is 23.2 Å². The average molecular weight is 272 g/mol. The second-order valence-electron chi connectivity index (χ2n) is 4.62. The van der Waals surface area contributed by atoms with Gasteiger partial charge in [-0.3, -0.25) is 0 Å². The molecule has 2 aromatic heterocycles. The lowest BCUT2D eigenvalue weighted by molar-refractivity contribution is 0.397. The second kappa shape index (κ2) is 5.38. The number of rotatable bonds is 3. The van der Waals surface area contributed by atoms with Gasteiger partial charge < -0.3 is 10.2 Å². The fourth-order valence-corrected chi connectivity index (χ4v) is 2.40. The van der Waals surface area contributed by atoms with Crippen LogP contribution >= 0.6 is 0 Å². The molecule has 0 saturated carbocycles. The van der Waals surface area contributed by atoms with Crippen molar-refractivity contribution < 1.29 is 4.74 Å². The Labute approximate surface area is 116 Å². The Morgan fingerprint density at radius 1 is 1.20 bits per heavy atom. The first-order chi connectivity index (χ1) is 9.81. The van der Waals surface area contributed by atoms with E-state index in [1.165, 1.54) is 6.33 Å². The molecule has 20 heavy (non-hydrogen) atoms. The number of hydrogen-bond donors (Lipinski definition) is 2. The van der Waals surface area contributed by atoms with Gasteiger partial charge in [-0.15, -0.1) is 0 Å². The van der Waals surface area contributed by atoms with E-state index in [2.05, 4.69) is 25.4 Å². The number of anilines is 1. The number of nitrogens with zero attached hydrogens (tertiary/aromatic N) is 4. The zero-order chi connectivity index (χ0) is 13.9. The highest BCUT2D eigenvalue weighted by molar-refractivity contribution is 5.57. The molecule has 104 valence electrons. The van der Waals surface area contributed by atoms with E-state index < -0.39 is 0 Å². The summed E-state index contributed by atoms with van der Waals surface area (Å²) in [6.07, 6.45) is 5.63. The van der Waals surface area contributed by atoms with Crippen LogP contribution in [0.15, 0.2) is 12.4 Å². The SMILES string of the molecule is COc1cc(-c2nc3c(c(NN)n2)CCCC3)ncn1. The molecule has 0 aliphatic heterocycles. The Kier molecular flexibility index (Phi) is 3.42. The van der Waals surface area contributed by atoms with Crippen LogP contribution in [0, 0.1) is 0 Å². The van der Waals surface area contributed by atoms with Crippen molar-refractivity contribution in [2.24, 2.45) is 5.84 Å². The number of aryl methyl sites for hydroxylation is 1. The van der Waals surface area contributed by atoms with Crippen LogP contribution in [0.25, 0.3) is 11.5 Å². The smallest absolute Gasteiger partial charge is 0.216 e. The summed E-state index contributed by atoms with van der Waals surface area (Å²) in [5, 5.41) is 0. The minimum atomic E-state index is 0.485. The quantitative estimate of drug-likeness (QED) is 0.637. The summed E-state index contributed by atoms with van der Waals surface area (Å²) < 4.78 is 5.10. The number of aromatic nitrogens is 4. The highest BCUT2D eigenvalue weighted by Crippen LogP contribution is 2.27. The third-order valence-electron chi connectivity index (χ3n) is 3.40. The molecule has 7 heteroatoms. The highest BCUT2D eigenvalue weighted by atomic mass is 16.5. The van der Waals surface area contributed by atoms with Crippen LogP contribution in [0.4, 0.5) is 5.82 Å². The zero-order valence-corrected chi connectivity index (χ0v) is 11.3. The molecule has 3 N–H and O–H groups in total. The largest absolute Gasteiger partial charge is 0.481 e. The Morgan fingerprint density at radius 3 is 2.85 bits per heavy atom. The van der Waals surface area contributed by atoms with Crippen LogP contribution in [0.5, 0.6) is 5.88 Å². The van der Waals surface area contributed by atoms with Gasteiger partial charge in [0, 0.05) is 17.3 Å². The normalized spacial score (nSPS) is 13.7. The molecule has 0 bridgehead atoms. The fourth-order valence-electron chi connectivity index (χ4n) is 2.40. The zero-order valence-electron chi connectivity index (χ0n) is 11.3. The number of fused-ring (bicyclic) bond motifs is 1. The van der Waals surface area contributed by atoms with Gasteiger partial charge >= 0.3 is 0 Å². The lowest BCUT2D eigenvalue weighted by Crippen LogP contribution is -2.17. The van der Waals surface area contributed by atoms with Crippen molar-refractivity contribution in [2.75, 3.05) is 12.5 Å². The molecular weight excluding hydrogens is 256 g/mol. The van der Waals surface area contributed by atoms with Crippen LogP contribution in [-0.4, -0.2) is 27.0 Å². The van der Waals surface area contributed by atoms with Gasteiger partial charge in [0.05, 0.1) is 7.11 Å². The van der Waals surface area contributed by atoms with E-state index in [-0.39, 0.29) is 0 Å². The van der Waals surface area contributed by atoms with Gasteiger partial charge in [0.2, 0.25) is 5.88 Å². The summed E-state index contributed by atoms with van der Waals surface area (Å²) in [7, 11) is 1.56. The van der Waals surface area contributed by atoms with Gasteiger partial charge in [0.25, 0.3) is 0 Å². The fraction of sp³-hybridized carbons (Fsp3) is 0.385.